The Bertz CT molecular complexity index is 569. The molecule has 20 heavy (non-hydrogen) atoms. The van der Waals surface area contributed by atoms with Crippen LogP contribution in [0.3, 0.4) is 0 Å². The van der Waals surface area contributed by atoms with Gasteiger partial charge in [0.2, 0.25) is 0 Å². The van der Waals surface area contributed by atoms with Gasteiger partial charge in [0.25, 0.3) is 0 Å². The predicted octanol–water partition coefficient (Wildman–Crippen LogP) is 1.20. The van der Waals surface area contributed by atoms with Crippen LogP contribution in [0.4, 0.5) is 5.82 Å². The number of hydrogen-bond acceptors (Lipinski definition) is 4. The lowest BCUT2D eigenvalue weighted by molar-refractivity contribution is 0.312. The van der Waals surface area contributed by atoms with E-state index in [1.54, 1.807) is 0 Å². The molecule has 0 aliphatic carbocycles. The fourth-order valence-electron chi connectivity index (χ4n) is 2.68. The molecule has 2 aromatic rings. The predicted molar refractivity (Wildman–Crippen MR) is 82.3 cm³/mol. The van der Waals surface area contributed by atoms with Gasteiger partial charge in [-0.2, -0.15) is 0 Å². The summed E-state index contributed by atoms with van der Waals surface area (Å²) in [4.78, 5) is 9.51. The second kappa shape index (κ2) is 5.81. The van der Waals surface area contributed by atoms with Crippen molar-refractivity contribution in [1.82, 2.24) is 19.6 Å². The van der Waals surface area contributed by atoms with Crippen LogP contribution in [0.1, 0.15) is 12.6 Å². The Morgan fingerprint density at radius 3 is 2.75 bits per heavy atom. The monoisotopic (exact) mass is 273 g/mol. The molecular weight excluding hydrogens is 250 g/mol. The van der Waals surface area contributed by atoms with Crippen LogP contribution in [0.25, 0.3) is 5.65 Å². The van der Waals surface area contributed by atoms with Gasteiger partial charge >= 0.3 is 0 Å². The molecule has 1 aliphatic heterocycles. The van der Waals surface area contributed by atoms with Gasteiger partial charge in [0, 0.05) is 38.9 Å². The summed E-state index contributed by atoms with van der Waals surface area (Å²) in [6.07, 6.45) is 2.16. The van der Waals surface area contributed by atoms with E-state index in [1.165, 1.54) is 5.82 Å². The standard InChI is InChI=1S/C15H23N5/c1-3-16-11-13-12-20-14(17-13)5-4-6-15(20)19-9-7-18(2)8-10-19/h4-6,12,16H,3,7-11H2,1-2H3. The zero-order valence-electron chi connectivity index (χ0n) is 12.3. The Balaban J connectivity index is 1.88. The lowest BCUT2D eigenvalue weighted by Gasteiger charge is -2.34. The van der Waals surface area contributed by atoms with Gasteiger partial charge in [-0.05, 0) is 25.7 Å². The Hall–Kier alpha value is -1.59. The van der Waals surface area contributed by atoms with Crippen LogP contribution < -0.4 is 10.2 Å². The maximum atomic E-state index is 4.68. The first-order valence-electron chi connectivity index (χ1n) is 7.39. The molecule has 5 nitrogen and oxygen atoms in total. The van der Waals surface area contributed by atoms with E-state index in [4.69, 9.17) is 0 Å². The summed E-state index contributed by atoms with van der Waals surface area (Å²) < 4.78 is 2.22. The SMILES string of the molecule is CCNCc1cn2c(N3CCN(C)CC3)cccc2n1. The van der Waals surface area contributed by atoms with Gasteiger partial charge in [0.1, 0.15) is 11.5 Å². The molecule has 1 N–H and O–H groups in total. The Kier molecular flexibility index (Phi) is 3.89. The Labute approximate surface area is 120 Å². The number of imidazole rings is 1. The molecule has 2 aromatic heterocycles. The lowest BCUT2D eigenvalue weighted by atomic mass is 10.3. The fourth-order valence-corrected chi connectivity index (χ4v) is 2.68. The third kappa shape index (κ3) is 2.64. The highest BCUT2D eigenvalue weighted by molar-refractivity contribution is 5.52. The number of likely N-dealkylation sites (N-methyl/N-ethyl adjacent to an activating group) is 1. The number of pyridine rings is 1. The van der Waals surface area contributed by atoms with Crippen LogP contribution in [0.2, 0.25) is 0 Å². The first kappa shape index (κ1) is 13.4. The first-order chi connectivity index (χ1) is 9.78. The molecular formula is C15H23N5. The Morgan fingerprint density at radius 1 is 1.20 bits per heavy atom. The number of hydrogen-bond donors (Lipinski definition) is 1. The minimum atomic E-state index is 0.834. The molecule has 1 aliphatic rings. The maximum Gasteiger partial charge on any atom is 0.138 e. The van der Waals surface area contributed by atoms with Crippen LogP contribution in [0.15, 0.2) is 24.4 Å². The molecule has 0 amide bonds. The minimum Gasteiger partial charge on any atom is -0.355 e. The van der Waals surface area contributed by atoms with Crippen molar-refractivity contribution >= 4 is 11.5 Å². The fraction of sp³-hybridized carbons (Fsp3) is 0.533. The van der Waals surface area contributed by atoms with Crippen LogP contribution in [-0.2, 0) is 6.54 Å². The molecule has 5 heteroatoms. The van der Waals surface area contributed by atoms with Crippen molar-refractivity contribution in [2.45, 2.75) is 13.5 Å². The number of anilines is 1. The number of fused-ring (bicyclic) bond motifs is 1. The Morgan fingerprint density at radius 2 is 2.00 bits per heavy atom. The topological polar surface area (TPSA) is 35.8 Å². The number of nitrogens with one attached hydrogen (secondary N) is 1. The molecule has 0 atom stereocenters. The third-order valence-electron chi connectivity index (χ3n) is 3.90. The summed E-state index contributed by atoms with van der Waals surface area (Å²) in [6.45, 7) is 8.32. The van der Waals surface area contributed by atoms with Crippen molar-refractivity contribution in [3.63, 3.8) is 0 Å². The second-order valence-corrected chi connectivity index (χ2v) is 5.42. The molecule has 3 heterocycles. The zero-order valence-corrected chi connectivity index (χ0v) is 12.3. The molecule has 1 fully saturated rings. The molecule has 0 unspecified atom stereocenters. The van der Waals surface area contributed by atoms with E-state index < -0.39 is 0 Å². The van der Waals surface area contributed by atoms with Crippen molar-refractivity contribution in [2.24, 2.45) is 0 Å². The third-order valence-corrected chi connectivity index (χ3v) is 3.90. The highest BCUT2D eigenvalue weighted by atomic mass is 15.3. The molecule has 0 saturated carbocycles. The normalized spacial score (nSPS) is 17.0. The largest absolute Gasteiger partial charge is 0.355 e. The van der Waals surface area contributed by atoms with Crippen LogP contribution >= 0.6 is 0 Å². The van der Waals surface area contributed by atoms with Crippen molar-refractivity contribution in [3.05, 3.63) is 30.1 Å². The van der Waals surface area contributed by atoms with Gasteiger partial charge in [-0.1, -0.05) is 13.0 Å². The number of aromatic nitrogens is 2. The zero-order chi connectivity index (χ0) is 13.9. The van der Waals surface area contributed by atoms with Gasteiger partial charge in [-0.25, -0.2) is 4.98 Å². The van der Waals surface area contributed by atoms with Crippen molar-refractivity contribution < 1.29 is 0 Å². The highest BCUT2D eigenvalue weighted by Gasteiger charge is 2.16. The van der Waals surface area contributed by atoms with E-state index in [2.05, 4.69) is 62.9 Å². The summed E-state index contributed by atoms with van der Waals surface area (Å²) >= 11 is 0. The average Bonchev–Trinajstić information content (AvgIpc) is 2.89. The average molecular weight is 273 g/mol. The highest BCUT2D eigenvalue weighted by Crippen LogP contribution is 2.19. The van der Waals surface area contributed by atoms with Gasteiger partial charge in [-0.15, -0.1) is 0 Å². The van der Waals surface area contributed by atoms with E-state index in [1.807, 2.05) is 0 Å². The first-order valence-corrected chi connectivity index (χ1v) is 7.39. The quantitative estimate of drug-likeness (QED) is 0.908. The summed E-state index contributed by atoms with van der Waals surface area (Å²) in [5.74, 6) is 1.26. The van der Waals surface area contributed by atoms with E-state index >= 15 is 0 Å². The summed E-state index contributed by atoms with van der Waals surface area (Å²) in [6, 6.07) is 6.37. The second-order valence-electron chi connectivity index (χ2n) is 5.42. The molecule has 0 aromatic carbocycles. The summed E-state index contributed by atoms with van der Waals surface area (Å²) in [5, 5.41) is 3.33. The van der Waals surface area contributed by atoms with Crippen LogP contribution in [0.5, 0.6) is 0 Å². The molecule has 1 saturated heterocycles. The van der Waals surface area contributed by atoms with E-state index in [0.29, 0.717) is 0 Å². The van der Waals surface area contributed by atoms with E-state index in [-0.39, 0.29) is 0 Å². The molecule has 3 rings (SSSR count). The van der Waals surface area contributed by atoms with Crippen LogP contribution in [0, 0.1) is 0 Å². The van der Waals surface area contributed by atoms with Gasteiger partial charge in [-0.3, -0.25) is 4.40 Å². The van der Waals surface area contributed by atoms with Crippen molar-refractivity contribution in [1.29, 1.82) is 0 Å². The molecule has 0 radical (unpaired) electrons. The molecule has 0 bridgehead atoms. The van der Waals surface area contributed by atoms with E-state index in [9.17, 15) is 0 Å². The minimum absolute atomic E-state index is 0.834. The number of piperazine rings is 1. The molecule has 0 spiro atoms. The lowest BCUT2D eigenvalue weighted by Crippen LogP contribution is -2.45. The summed E-state index contributed by atoms with van der Waals surface area (Å²) in [7, 11) is 2.18. The van der Waals surface area contributed by atoms with Crippen LogP contribution in [-0.4, -0.2) is 54.1 Å². The van der Waals surface area contributed by atoms with Gasteiger partial charge in [0.15, 0.2) is 0 Å². The maximum absolute atomic E-state index is 4.68. The van der Waals surface area contributed by atoms with Gasteiger partial charge < -0.3 is 15.1 Å². The van der Waals surface area contributed by atoms with E-state index in [0.717, 1.165) is 50.6 Å². The van der Waals surface area contributed by atoms with Gasteiger partial charge in [0.05, 0.1) is 5.69 Å². The van der Waals surface area contributed by atoms with Crippen molar-refractivity contribution in [3.8, 4) is 0 Å². The van der Waals surface area contributed by atoms with Crippen molar-refractivity contribution in [2.75, 3.05) is 44.7 Å². The summed E-state index contributed by atoms with van der Waals surface area (Å²) in [5.41, 5.74) is 2.14. The molecule has 108 valence electrons. The number of nitrogens with zero attached hydrogens (tertiary/aromatic N) is 4. The number of rotatable bonds is 4. The smallest absolute Gasteiger partial charge is 0.138 e.